The molecule has 0 radical (unpaired) electrons. The molecule has 1 fully saturated rings. The molecular formula is C17H17BrN6O4. The van der Waals surface area contributed by atoms with E-state index in [1.807, 2.05) is 0 Å². The highest BCUT2D eigenvalue weighted by Gasteiger charge is 2.46. The molecule has 1 saturated heterocycles. The Balaban J connectivity index is 1.73. The molecule has 5 N–H and O–H groups in total. The maximum Gasteiger partial charge on any atom is 0.251 e. The normalized spacial score (nSPS) is 24.5. The lowest BCUT2D eigenvalue weighted by molar-refractivity contribution is -0.0447. The van der Waals surface area contributed by atoms with Gasteiger partial charge in [0.25, 0.3) is 5.91 Å². The van der Waals surface area contributed by atoms with E-state index in [9.17, 15) is 15.0 Å². The summed E-state index contributed by atoms with van der Waals surface area (Å²) in [4.78, 5) is 25.0. The first-order chi connectivity index (χ1) is 13.5. The number of aliphatic hydroxyl groups excluding tert-OH is 2. The number of nitrogens with one attached hydrogen (secondary N) is 1. The minimum absolute atomic E-state index is 0.187. The summed E-state index contributed by atoms with van der Waals surface area (Å²) in [6.45, 7) is -0.420. The van der Waals surface area contributed by atoms with Crippen LogP contribution in [0.25, 0.3) is 11.2 Å². The molecule has 1 aliphatic rings. The van der Waals surface area contributed by atoms with Gasteiger partial charge in [-0.25, -0.2) is 15.0 Å². The smallest absolute Gasteiger partial charge is 0.251 e. The van der Waals surface area contributed by atoms with Crippen LogP contribution in [0.4, 0.5) is 5.82 Å². The second-order valence-corrected chi connectivity index (χ2v) is 6.99. The predicted octanol–water partition coefficient (Wildman–Crippen LogP) is 0.220. The van der Waals surface area contributed by atoms with Crippen molar-refractivity contribution in [3.8, 4) is 0 Å². The summed E-state index contributed by atoms with van der Waals surface area (Å²) in [6.07, 6.45) is -1.64. The molecule has 4 rings (SSSR count). The number of carbonyl (C=O) groups is 1. The summed E-state index contributed by atoms with van der Waals surface area (Å²) in [5.74, 6) is -0.196. The molecule has 1 aromatic carbocycles. The number of aliphatic hydroxyl groups is 2. The lowest BCUT2D eigenvalue weighted by atomic mass is 10.1. The first-order valence-electron chi connectivity index (χ1n) is 8.45. The quantitative estimate of drug-likeness (QED) is 0.414. The number of carbonyl (C=O) groups excluding carboxylic acids is 1. The van der Waals surface area contributed by atoms with Crippen LogP contribution in [-0.2, 0) is 4.74 Å². The van der Waals surface area contributed by atoms with E-state index in [0.29, 0.717) is 21.5 Å². The Hall–Kier alpha value is -2.60. The number of anilines is 1. The van der Waals surface area contributed by atoms with Crippen LogP contribution in [0, 0.1) is 0 Å². The van der Waals surface area contributed by atoms with Crippen molar-refractivity contribution in [2.24, 2.45) is 0 Å². The summed E-state index contributed by atoms with van der Waals surface area (Å²) in [5, 5.41) is 23.0. The van der Waals surface area contributed by atoms with Gasteiger partial charge in [-0.05, 0) is 28.1 Å². The average Bonchev–Trinajstić information content (AvgIpc) is 3.20. The van der Waals surface area contributed by atoms with Gasteiger partial charge in [0.15, 0.2) is 27.9 Å². The lowest BCUT2D eigenvalue weighted by Gasteiger charge is -2.23. The second-order valence-electron chi connectivity index (χ2n) is 6.29. The molecule has 4 atom stereocenters. The van der Waals surface area contributed by atoms with E-state index in [4.69, 9.17) is 10.5 Å². The molecule has 28 heavy (non-hydrogen) atoms. The highest BCUT2D eigenvalue weighted by atomic mass is 79.9. The molecule has 3 heterocycles. The van der Waals surface area contributed by atoms with Gasteiger partial charge in [0.05, 0.1) is 6.61 Å². The van der Waals surface area contributed by atoms with Crippen LogP contribution in [0.2, 0.25) is 0 Å². The van der Waals surface area contributed by atoms with Gasteiger partial charge >= 0.3 is 0 Å². The molecule has 146 valence electrons. The Morgan fingerprint density at radius 3 is 2.79 bits per heavy atom. The third kappa shape index (κ3) is 3.11. The molecule has 1 amide bonds. The fourth-order valence-electron chi connectivity index (χ4n) is 3.22. The monoisotopic (exact) mass is 448 g/mol. The molecule has 0 aliphatic carbocycles. The zero-order valence-electron chi connectivity index (χ0n) is 14.4. The fourth-order valence-corrected chi connectivity index (χ4v) is 3.77. The van der Waals surface area contributed by atoms with Crippen LogP contribution in [0.3, 0.4) is 0 Å². The van der Waals surface area contributed by atoms with E-state index in [1.54, 1.807) is 34.9 Å². The van der Waals surface area contributed by atoms with Crippen LogP contribution < -0.4 is 11.1 Å². The number of amides is 1. The SMILES string of the molecule is Nc1ncnc2c1nc(Br)n2[C@@H]1O[C@H](CO)[C@@H](O)[C@H]1NC(=O)c1ccccc1. The van der Waals surface area contributed by atoms with Gasteiger partial charge in [0.2, 0.25) is 0 Å². The molecule has 10 nitrogen and oxygen atoms in total. The zero-order chi connectivity index (χ0) is 19.8. The summed E-state index contributed by atoms with van der Waals surface area (Å²) >= 11 is 3.35. The van der Waals surface area contributed by atoms with Gasteiger partial charge < -0.3 is 26.0 Å². The number of hydrogen-bond donors (Lipinski definition) is 4. The number of nitrogens with two attached hydrogens (primary N) is 1. The van der Waals surface area contributed by atoms with Crippen molar-refractivity contribution < 1.29 is 19.7 Å². The Bertz CT molecular complexity index is 1010. The second kappa shape index (κ2) is 7.43. The molecule has 1 aliphatic heterocycles. The van der Waals surface area contributed by atoms with Gasteiger partial charge in [0, 0.05) is 5.56 Å². The van der Waals surface area contributed by atoms with Crippen molar-refractivity contribution in [2.45, 2.75) is 24.5 Å². The Kier molecular flexibility index (Phi) is 4.98. The van der Waals surface area contributed by atoms with Gasteiger partial charge in [0.1, 0.15) is 24.6 Å². The van der Waals surface area contributed by atoms with Crippen molar-refractivity contribution in [1.29, 1.82) is 0 Å². The molecule has 0 saturated carbocycles. The van der Waals surface area contributed by atoms with Gasteiger partial charge in [-0.2, -0.15) is 0 Å². The fraction of sp³-hybridized carbons (Fsp3) is 0.294. The Morgan fingerprint density at radius 1 is 1.32 bits per heavy atom. The van der Waals surface area contributed by atoms with Crippen molar-refractivity contribution in [1.82, 2.24) is 24.8 Å². The number of aromatic nitrogens is 4. The summed E-state index contributed by atoms with van der Waals surface area (Å²) in [5.41, 5.74) is 7.02. The van der Waals surface area contributed by atoms with Crippen LogP contribution in [0.15, 0.2) is 41.4 Å². The van der Waals surface area contributed by atoms with Gasteiger partial charge in [-0.1, -0.05) is 18.2 Å². The van der Waals surface area contributed by atoms with E-state index in [-0.39, 0.29) is 11.7 Å². The first-order valence-corrected chi connectivity index (χ1v) is 9.24. The number of fused-ring (bicyclic) bond motifs is 1. The summed E-state index contributed by atoms with van der Waals surface area (Å²) in [7, 11) is 0. The first kappa shape index (κ1) is 18.7. The molecule has 0 unspecified atom stereocenters. The van der Waals surface area contributed by atoms with Crippen molar-refractivity contribution in [3.63, 3.8) is 0 Å². The number of nitrogens with zero attached hydrogens (tertiary/aromatic N) is 4. The third-order valence-electron chi connectivity index (χ3n) is 4.60. The van der Waals surface area contributed by atoms with E-state index < -0.39 is 31.1 Å². The predicted molar refractivity (Wildman–Crippen MR) is 102 cm³/mol. The van der Waals surface area contributed by atoms with Crippen molar-refractivity contribution in [2.75, 3.05) is 12.3 Å². The minimum Gasteiger partial charge on any atom is -0.394 e. The highest BCUT2D eigenvalue weighted by molar-refractivity contribution is 9.10. The molecule has 2 aromatic heterocycles. The number of hydrogen-bond acceptors (Lipinski definition) is 8. The largest absolute Gasteiger partial charge is 0.394 e. The number of nitrogen functional groups attached to an aromatic ring is 1. The topological polar surface area (TPSA) is 148 Å². The summed E-state index contributed by atoms with van der Waals surface area (Å²) < 4.78 is 7.72. The third-order valence-corrected chi connectivity index (χ3v) is 5.16. The number of benzene rings is 1. The van der Waals surface area contributed by atoms with E-state index in [2.05, 4.69) is 36.2 Å². The number of imidazole rings is 1. The van der Waals surface area contributed by atoms with E-state index in [0.717, 1.165) is 0 Å². The Labute approximate surface area is 167 Å². The standard InChI is InChI=1S/C17H17BrN6O4/c18-17-23-11-13(19)20-7-21-14(11)24(17)16-10(12(26)9(6-25)28-16)22-15(27)8-4-2-1-3-5-8/h1-5,7,9-10,12,16,25-26H,6H2,(H,22,27)(H2,19,20,21)/t9-,10-,12-,16-/m1/s1. The molecule has 11 heteroatoms. The molecule has 3 aromatic rings. The van der Waals surface area contributed by atoms with Crippen LogP contribution >= 0.6 is 15.9 Å². The van der Waals surface area contributed by atoms with Gasteiger partial charge in [-0.15, -0.1) is 0 Å². The highest BCUT2D eigenvalue weighted by Crippen LogP contribution is 2.35. The maximum atomic E-state index is 12.6. The van der Waals surface area contributed by atoms with E-state index in [1.165, 1.54) is 6.33 Å². The van der Waals surface area contributed by atoms with Crippen LogP contribution in [0.5, 0.6) is 0 Å². The molecule has 0 spiro atoms. The molecule has 0 bridgehead atoms. The van der Waals surface area contributed by atoms with Crippen molar-refractivity contribution in [3.05, 3.63) is 47.0 Å². The molecular weight excluding hydrogens is 432 g/mol. The zero-order valence-corrected chi connectivity index (χ0v) is 16.0. The lowest BCUT2D eigenvalue weighted by Crippen LogP contribution is -2.46. The van der Waals surface area contributed by atoms with E-state index >= 15 is 0 Å². The summed E-state index contributed by atoms with van der Waals surface area (Å²) in [6, 6.07) is 7.73. The van der Waals surface area contributed by atoms with Crippen molar-refractivity contribution >= 4 is 38.8 Å². The average molecular weight is 449 g/mol. The van der Waals surface area contributed by atoms with Crippen LogP contribution in [-0.4, -0.2) is 60.5 Å². The minimum atomic E-state index is -1.15. The number of rotatable bonds is 4. The number of ether oxygens (including phenoxy) is 1. The van der Waals surface area contributed by atoms with Gasteiger partial charge in [-0.3, -0.25) is 9.36 Å². The maximum absolute atomic E-state index is 12.6. The number of halogens is 1. The van der Waals surface area contributed by atoms with Crippen LogP contribution in [0.1, 0.15) is 16.6 Å². The Morgan fingerprint density at radius 2 is 2.07 bits per heavy atom.